The Morgan fingerprint density at radius 1 is 0.727 bits per heavy atom. The van der Waals surface area contributed by atoms with Crippen LogP contribution < -0.4 is 4.74 Å². The Morgan fingerprint density at radius 2 is 1.18 bits per heavy atom. The van der Waals surface area contributed by atoms with Crippen LogP contribution >= 0.6 is 0 Å². The summed E-state index contributed by atoms with van der Waals surface area (Å²) in [5, 5.41) is 23.4. The van der Waals surface area contributed by atoms with Gasteiger partial charge >= 0.3 is 5.97 Å². The van der Waals surface area contributed by atoms with E-state index in [9.17, 15) is 44.2 Å². The van der Waals surface area contributed by atoms with E-state index in [2.05, 4.69) is 0 Å². The third kappa shape index (κ3) is 5.90. The van der Waals surface area contributed by atoms with E-state index in [1.165, 1.54) is 48.5 Å². The molecule has 3 amide bonds. The number of fused-ring (bicyclic) bond motifs is 1. The molecular weight excluding hydrogens is 576 g/mol. The van der Waals surface area contributed by atoms with Crippen molar-refractivity contribution < 1.29 is 38.6 Å². The first-order chi connectivity index (χ1) is 21.0. The maximum Gasteiger partial charge on any atom is 0.343 e. The summed E-state index contributed by atoms with van der Waals surface area (Å²) < 4.78 is 5.27. The minimum atomic E-state index is -0.859. The first-order valence-electron chi connectivity index (χ1n) is 13.6. The number of ketones is 1. The lowest BCUT2D eigenvalue weighted by molar-refractivity contribution is -0.385. The highest BCUT2D eigenvalue weighted by atomic mass is 16.6. The van der Waals surface area contributed by atoms with Crippen LogP contribution in [-0.2, 0) is 9.59 Å². The van der Waals surface area contributed by atoms with Gasteiger partial charge in [0, 0.05) is 35.4 Å². The number of carbonyl (C=O) groups excluding carboxylic acids is 5. The van der Waals surface area contributed by atoms with E-state index >= 15 is 0 Å². The number of non-ortho nitro benzene ring substituents is 2. The summed E-state index contributed by atoms with van der Waals surface area (Å²) in [6, 6.07) is 14.7. The minimum absolute atomic E-state index is 0.0626. The van der Waals surface area contributed by atoms with Crippen molar-refractivity contribution in [1.82, 2.24) is 10.0 Å². The van der Waals surface area contributed by atoms with E-state index in [1.54, 1.807) is 0 Å². The number of nitro benzene ring substituents is 2. The molecule has 3 aromatic rings. The molecular formula is C30H24N4O10. The monoisotopic (exact) mass is 600 g/mol. The molecule has 224 valence electrons. The van der Waals surface area contributed by atoms with Crippen LogP contribution in [0, 0.1) is 32.1 Å². The van der Waals surface area contributed by atoms with Crippen molar-refractivity contribution in [3.05, 3.63) is 110 Å². The standard InChI is InChI=1S/C30H24N4O10/c35-26(18-9-15-23(16-10-18)44-30(39)20-7-13-22(14-8-20)34(42)43)17-31(27(36)19-5-11-21(12-6-19)33(40)41)32-28(37)24-3-1-2-4-25(24)29(32)38/h5-16,24-25H,1-4,17H2/t24-,25-/m0/s1. The normalized spacial score (nSPS) is 17.5. The average Bonchev–Trinajstić information content (AvgIpc) is 3.28. The molecule has 14 heteroatoms. The minimum Gasteiger partial charge on any atom is -0.423 e. The van der Waals surface area contributed by atoms with Gasteiger partial charge in [-0.05, 0) is 61.4 Å². The van der Waals surface area contributed by atoms with Gasteiger partial charge in [0.1, 0.15) is 12.3 Å². The number of hydrogen-bond donors (Lipinski definition) is 0. The molecule has 0 N–H and O–H groups in total. The van der Waals surface area contributed by atoms with Crippen molar-refractivity contribution in [3.63, 3.8) is 0 Å². The van der Waals surface area contributed by atoms with Gasteiger partial charge in [-0.3, -0.25) is 39.4 Å². The highest BCUT2D eigenvalue weighted by Crippen LogP contribution is 2.39. The second-order valence-corrected chi connectivity index (χ2v) is 10.3. The third-order valence-corrected chi connectivity index (χ3v) is 7.61. The van der Waals surface area contributed by atoms with Crippen LogP contribution in [0.25, 0.3) is 0 Å². The molecule has 5 rings (SSSR count). The molecule has 0 unspecified atom stereocenters. The van der Waals surface area contributed by atoms with E-state index in [0.29, 0.717) is 12.8 Å². The molecule has 44 heavy (non-hydrogen) atoms. The number of nitro groups is 2. The number of amides is 3. The number of nitrogens with zero attached hydrogens (tertiary/aromatic N) is 4. The number of esters is 1. The van der Waals surface area contributed by atoms with Crippen molar-refractivity contribution in [2.45, 2.75) is 25.7 Å². The Bertz CT molecular complexity index is 1650. The number of hydrogen-bond acceptors (Lipinski definition) is 10. The van der Waals surface area contributed by atoms with Gasteiger partial charge in [0.15, 0.2) is 5.78 Å². The molecule has 1 aliphatic carbocycles. The van der Waals surface area contributed by atoms with Gasteiger partial charge in [0.05, 0.1) is 27.2 Å². The molecule has 0 radical (unpaired) electrons. The molecule has 3 aromatic carbocycles. The van der Waals surface area contributed by atoms with Crippen molar-refractivity contribution in [3.8, 4) is 5.75 Å². The van der Waals surface area contributed by atoms with E-state index in [-0.39, 0.29) is 33.8 Å². The van der Waals surface area contributed by atoms with E-state index in [4.69, 9.17) is 4.74 Å². The first kappa shape index (κ1) is 29.7. The molecule has 0 aromatic heterocycles. The quantitative estimate of drug-likeness (QED) is 0.0862. The van der Waals surface area contributed by atoms with Gasteiger partial charge in [0.25, 0.3) is 29.1 Å². The fourth-order valence-electron chi connectivity index (χ4n) is 5.31. The Hall–Kier alpha value is -5.79. The van der Waals surface area contributed by atoms with Crippen LogP contribution in [0.5, 0.6) is 5.75 Å². The smallest absolute Gasteiger partial charge is 0.343 e. The zero-order valence-electron chi connectivity index (χ0n) is 23.0. The zero-order valence-corrected chi connectivity index (χ0v) is 23.0. The molecule has 1 heterocycles. The molecule has 0 spiro atoms. The largest absolute Gasteiger partial charge is 0.423 e. The van der Waals surface area contributed by atoms with Gasteiger partial charge in [0.2, 0.25) is 0 Å². The van der Waals surface area contributed by atoms with Crippen molar-refractivity contribution in [2.75, 3.05) is 6.54 Å². The second-order valence-electron chi connectivity index (χ2n) is 10.3. The van der Waals surface area contributed by atoms with Crippen LogP contribution in [0.1, 0.15) is 56.8 Å². The lowest BCUT2D eigenvalue weighted by atomic mass is 9.81. The Morgan fingerprint density at radius 3 is 1.66 bits per heavy atom. The molecule has 1 saturated carbocycles. The van der Waals surface area contributed by atoms with Crippen LogP contribution in [0.2, 0.25) is 0 Å². The summed E-state index contributed by atoms with van der Waals surface area (Å²) >= 11 is 0. The van der Waals surface area contributed by atoms with Crippen LogP contribution in [-0.4, -0.2) is 55.9 Å². The molecule has 0 bridgehead atoms. The number of ether oxygens (including phenoxy) is 1. The first-order valence-corrected chi connectivity index (χ1v) is 13.6. The number of hydrazine groups is 1. The Balaban J connectivity index is 1.35. The van der Waals surface area contributed by atoms with E-state index < -0.39 is 57.7 Å². The number of Topliss-reactive ketones (excluding diaryl/α,β-unsaturated/α-hetero) is 1. The lowest BCUT2D eigenvalue weighted by Gasteiger charge is -2.30. The maximum absolute atomic E-state index is 13.6. The number of benzene rings is 3. The zero-order chi connectivity index (χ0) is 31.5. The van der Waals surface area contributed by atoms with Crippen molar-refractivity contribution in [2.24, 2.45) is 11.8 Å². The summed E-state index contributed by atoms with van der Waals surface area (Å²) in [7, 11) is 0. The van der Waals surface area contributed by atoms with Gasteiger partial charge in [-0.1, -0.05) is 12.8 Å². The van der Waals surface area contributed by atoms with Gasteiger partial charge < -0.3 is 4.74 Å². The van der Waals surface area contributed by atoms with Gasteiger partial charge in [-0.25, -0.2) is 9.80 Å². The molecule has 1 saturated heterocycles. The predicted octanol–water partition coefficient (Wildman–Crippen LogP) is 4.14. The molecule has 2 atom stereocenters. The molecule has 2 aliphatic rings. The number of carbonyl (C=O) groups is 5. The highest BCUT2D eigenvalue weighted by Gasteiger charge is 2.51. The number of rotatable bonds is 9. The molecule has 14 nitrogen and oxygen atoms in total. The Labute approximate surface area is 249 Å². The summed E-state index contributed by atoms with van der Waals surface area (Å²) in [5.41, 5.74) is -0.373. The summed E-state index contributed by atoms with van der Waals surface area (Å²) in [6.07, 6.45) is 2.48. The summed E-state index contributed by atoms with van der Waals surface area (Å²) in [5.74, 6) is -4.55. The summed E-state index contributed by atoms with van der Waals surface area (Å²) in [4.78, 5) is 86.7. The fraction of sp³-hybridized carbons (Fsp3) is 0.233. The second kappa shape index (κ2) is 12.2. The predicted molar refractivity (Wildman–Crippen MR) is 150 cm³/mol. The summed E-state index contributed by atoms with van der Waals surface area (Å²) in [6.45, 7) is -0.686. The number of imide groups is 1. The molecule has 1 aliphatic heterocycles. The maximum atomic E-state index is 13.6. The van der Waals surface area contributed by atoms with E-state index in [0.717, 1.165) is 47.1 Å². The van der Waals surface area contributed by atoms with Crippen LogP contribution in [0.4, 0.5) is 11.4 Å². The van der Waals surface area contributed by atoms with Crippen LogP contribution in [0.3, 0.4) is 0 Å². The average molecular weight is 601 g/mol. The van der Waals surface area contributed by atoms with E-state index in [1.807, 2.05) is 0 Å². The fourth-order valence-corrected chi connectivity index (χ4v) is 5.31. The van der Waals surface area contributed by atoms with Crippen molar-refractivity contribution in [1.29, 1.82) is 0 Å². The van der Waals surface area contributed by atoms with Crippen molar-refractivity contribution >= 4 is 40.8 Å². The molecule has 2 fully saturated rings. The topological polar surface area (TPSA) is 187 Å². The van der Waals surface area contributed by atoms with Crippen LogP contribution in [0.15, 0.2) is 72.8 Å². The Kier molecular flexibility index (Phi) is 8.24. The van der Waals surface area contributed by atoms with Gasteiger partial charge in [-0.2, -0.15) is 5.01 Å². The van der Waals surface area contributed by atoms with Gasteiger partial charge in [-0.15, -0.1) is 0 Å². The lowest BCUT2D eigenvalue weighted by Crippen LogP contribution is -2.52. The SMILES string of the molecule is O=C(CN(C(=O)c1ccc([N+](=O)[O-])cc1)N1C(=O)[C@H]2CCCC[C@@H]2C1=O)c1ccc(OC(=O)c2ccc([N+](=O)[O-])cc2)cc1. The third-order valence-electron chi connectivity index (χ3n) is 7.61. The highest BCUT2D eigenvalue weighted by molar-refractivity contribution is 6.09.